The molecule has 2 rings (SSSR count). The third kappa shape index (κ3) is 3.18. The average molecular weight is 310 g/mol. The van der Waals surface area contributed by atoms with Gasteiger partial charge in [-0.3, -0.25) is 4.31 Å². The third-order valence-electron chi connectivity index (χ3n) is 3.14. The molecule has 2 aromatic rings. The summed E-state index contributed by atoms with van der Waals surface area (Å²) in [5, 5.41) is 3.74. The van der Waals surface area contributed by atoms with Gasteiger partial charge in [-0.1, -0.05) is 17.3 Å². The summed E-state index contributed by atoms with van der Waals surface area (Å²) in [4.78, 5) is 0. The number of benzene rings is 1. The van der Waals surface area contributed by atoms with Crippen molar-refractivity contribution in [3.63, 3.8) is 0 Å². The van der Waals surface area contributed by atoms with Gasteiger partial charge in [0.25, 0.3) is 0 Å². The van der Waals surface area contributed by atoms with Crippen LogP contribution in [0.5, 0.6) is 5.75 Å². The molecule has 0 aliphatic carbocycles. The summed E-state index contributed by atoms with van der Waals surface area (Å²) in [6.45, 7) is 3.85. The van der Waals surface area contributed by atoms with Gasteiger partial charge in [-0.25, -0.2) is 8.42 Å². The highest BCUT2D eigenvalue weighted by molar-refractivity contribution is 7.92. The van der Waals surface area contributed by atoms with Crippen molar-refractivity contribution in [2.45, 2.75) is 19.6 Å². The first kappa shape index (κ1) is 15.4. The van der Waals surface area contributed by atoms with Crippen LogP contribution in [0.3, 0.4) is 0 Å². The molecule has 0 amide bonds. The summed E-state index contributed by atoms with van der Waals surface area (Å²) < 4.78 is 36.6. The average Bonchev–Trinajstić information content (AvgIpc) is 2.84. The molecule has 1 heterocycles. The van der Waals surface area contributed by atoms with Crippen LogP contribution < -0.4 is 9.04 Å². The lowest BCUT2D eigenvalue weighted by Crippen LogP contribution is -2.32. The van der Waals surface area contributed by atoms with Gasteiger partial charge in [0.1, 0.15) is 23.5 Å². The second kappa shape index (κ2) is 6.17. The van der Waals surface area contributed by atoms with E-state index in [9.17, 15) is 8.42 Å². The maximum absolute atomic E-state index is 12.6. The number of aromatic nitrogens is 1. The number of sulfonamides is 1. The number of nitrogens with zero attached hydrogens (tertiary/aromatic N) is 2. The van der Waals surface area contributed by atoms with E-state index in [4.69, 9.17) is 9.26 Å². The van der Waals surface area contributed by atoms with Crippen molar-refractivity contribution in [2.24, 2.45) is 0 Å². The number of rotatable bonds is 6. The first-order chi connectivity index (χ1) is 9.99. The molecule has 0 spiro atoms. The molecule has 0 radical (unpaired) electrons. The Morgan fingerprint density at radius 2 is 2.05 bits per heavy atom. The van der Waals surface area contributed by atoms with Crippen LogP contribution in [-0.2, 0) is 15.8 Å². The Labute approximate surface area is 124 Å². The van der Waals surface area contributed by atoms with Gasteiger partial charge in [0.2, 0.25) is 10.0 Å². The molecule has 0 saturated carbocycles. The van der Waals surface area contributed by atoms with Crippen LogP contribution in [0.15, 0.2) is 35.1 Å². The largest absolute Gasteiger partial charge is 0.495 e. The highest BCUT2D eigenvalue weighted by atomic mass is 32.2. The van der Waals surface area contributed by atoms with Crippen LogP contribution in [0.1, 0.15) is 18.2 Å². The van der Waals surface area contributed by atoms with Gasteiger partial charge >= 0.3 is 0 Å². The van der Waals surface area contributed by atoms with E-state index in [1.807, 2.05) is 0 Å². The van der Waals surface area contributed by atoms with Crippen molar-refractivity contribution in [2.75, 3.05) is 18.0 Å². The maximum atomic E-state index is 12.6. The van der Waals surface area contributed by atoms with E-state index in [0.717, 1.165) is 5.56 Å². The Morgan fingerprint density at radius 3 is 2.62 bits per heavy atom. The molecule has 1 aromatic carbocycles. The summed E-state index contributed by atoms with van der Waals surface area (Å²) in [5.41, 5.74) is 1.65. The number of methoxy groups -OCH3 is 1. The van der Waals surface area contributed by atoms with Crippen LogP contribution in [0.25, 0.3) is 0 Å². The lowest BCUT2D eigenvalue weighted by molar-refractivity contribution is 0.413. The zero-order valence-corrected chi connectivity index (χ0v) is 13.1. The molecule has 1 aromatic heterocycles. The second-order valence-electron chi connectivity index (χ2n) is 4.54. The fraction of sp³-hybridized carbons (Fsp3) is 0.357. The number of anilines is 1. The molecular weight excluding hydrogens is 292 g/mol. The summed E-state index contributed by atoms with van der Waals surface area (Å²) in [5.74, 6) is 0.307. The fourth-order valence-corrected chi connectivity index (χ4v) is 3.68. The molecule has 7 heteroatoms. The highest BCUT2D eigenvalue weighted by Gasteiger charge is 2.26. The number of para-hydroxylation sites is 2. The second-order valence-corrected chi connectivity index (χ2v) is 6.43. The van der Waals surface area contributed by atoms with Gasteiger partial charge in [-0.2, -0.15) is 0 Å². The molecule has 0 aliphatic heterocycles. The van der Waals surface area contributed by atoms with Crippen molar-refractivity contribution in [1.82, 2.24) is 5.16 Å². The molecule has 21 heavy (non-hydrogen) atoms. The minimum absolute atomic E-state index is 0.207. The van der Waals surface area contributed by atoms with E-state index in [-0.39, 0.29) is 5.75 Å². The maximum Gasteiger partial charge on any atom is 0.241 e. The predicted octanol–water partition coefficient (Wildman–Crippen LogP) is 2.35. The molecular formula is C14H18N2O4S. The van der Waals surface area contributed by atoms with Crippen LogP contribution in [0.4, 0.5) is 5.69 Å². The SMILES string of the molecule is CCN(c1ccccc1OC)S(=O)(=O)Cc1nocc1C. The lowest BCUT2D eigenvalue weighted by Gasteiger charge is -2.24. The number of aryl methyl sites for hydroxylation is 1. The summed E-state index contributed by atoms with van der Waals surface area (Å²) in [6, 6.07) is 7.02. The number of hydrogen-bond acceptors (Lipinski definition) is 5. The topological polar surface area (TPSA) is 72.6 Å². The molecule has 0 saturated heterocycles. The van der Waals surface area contributed by atoms with Crippen LogP contribution in [-0.4, -0.2) is 27.2 Å². The Hall–Kier alpha value is -2.02. The van der Waals surface area contributed by atoms with Gasteiger partial charge in [-0.05, 0) is 26.0 Å². The summed E-state index contributed by atoms with van der Waals surface area (Å²) >= 11 is 0. The smallest absolute Gasteiger partial charge is 0.241 e. The standard InChI is InChI=1S/C14H18N2O4S/c1-4-16(13-7-5-6-8-14(13)19-3)21(17,18)10-12-11(2)9-20-15-12/h5-9H,4,10H2,1-3H3. The van der Waals surface area contributed by atoms with Gasteiger partial charge in [0.05, 0.1) is 12.8 Å². The first-order valence-corrected chi connectivity index (χ1v) is 8.13. The van der Waals surface area contributed by atoms with Crippen molar-refractivity contribution >= 4 is 15.7 Å². The van der Waals surface area contributed by atoms with Crippen LogP contribution in [0, 0.1) is 6.92 Å². The van der Waals surface area contributed by atoms with Crippen molar-refractivity contribution in [1.29, 1.82) is 0 Å². The van der Waals surface area contributed by atoms with Crippen molar-refractivity contribution in [3.05, 3.63) is 41.8 Å². The van der Waals surface area contributed by atoms with E-state index in [2.05, 4.69) is 5.16 Å². The lowest BCUT2D eigenvalue weighted by atomic mass is 10.3. The predicted molar refractivity (Wildman–Crippen MR) is 79.9 cm³/mol. The minimum Gasteiger partial charge on any atom is -0.495 e. The Kier molecular flexibility index (Phi) is 4.52. The van der Waals surface area contributed by atoms with Crippen molar-refractivity contribution in [3.8, 4) is 5.75 Å². The monoisotopic (exact) mass is 310 g/mol. The number of ether oxygens (including phenoxy) is 1. The van der Waals surface area contributed by atoms with Gasteiger partial charge in [0, 0.05) is 12.1 Å². The zero-order valence-electron chi connectivity index (χ0n) is 12.2. The van der Waals surface area contributed by atoms with Gasteiger partial charge in [0.15, 0.2) is 0 Å². The van der Waals surface area contributed by atoms with Gasteiger partial charge in [-0.15, -0.1) is 0 Å². The number of hydrogen-bond donors (Lipinski definition) is 0. The van der Waals surface area contributed by atoms with E-state index in [1.54, 1.807) is 38.1 Å². The summed E-state index contributed by atoms with van der Waals surface area (Å²) in [6.07, 6.45) is 1.43. The van der Waals surface area contributed by atoms with Crippen LogP contribution >= 0.6 is 0 Å². The highest BCUT2D eigenvalue weighted by Crippen LogP contribution is 2.30. The molecule has 0 bridgehead atoms. The van der Waals surface area contributed by atoms with Crippen molar-refractivity contribution < 1.29 is 17.7 Å². The molecule has 0 atom stereocenters. The molecule has 6 nitrogen and oxygen atoms in total. The molecule has 0 N–H and O–H groups in total. The first-order valence-electron chi connectivity index (χ1n) is 6.53. The van der Waals surface area contributed by atoms with E-state index < -0.39 is 10.0 Å². The zero-order chi connectivity index (χ0) is 15.5. The molecule has 0 fully saturated rings. The summed E-state index contributed by atoms with van der Waals surface area (Å²) in [7, 11) is -2.06. The molecule has 114 valence electrons. The van der Waals surface area contributed by atoms with Crippen LogP contribution in [0.2, 0.25) is 0 Å². The van der Waals surface area contributed by atoms with Gasteiger partial charge < -0.3 is 9.26 Å². The Morgan fingerprint density at radius 1 is 1.33 bits per heavy atom. The van der Waals surface area contributed by atoms with E-state index in [1.165, 1.54) is 17.7 Å². The fourth-order valence-electron chi connectivity index (χ4n) is 2.05. The molecule has 0 aliphatic rings. The minimum atomic E-state index is -3.57. The Balaban J connectivity index is 2.38. The Bertz CT molecular complexity index is 709. The normalized spacial score (nSPS) is 11.4. The molecule has 0 unspecified atom stereocenters. The van der Waals surface area contributed by atoms with E-state index in [0.29, 0.717) is 23.7 Å². The third-order valence-corrected chi connectivity index (χ3v) is 4.91. The van der Waals surface area contributed by atoms with E-state index >= 15 is 0 Å². The quantitative estimate of drug-likeness (QED) is 0.819.